The molecule has 0 saturated carbocycles. The summed E-state index contributed by atoms with van der Waals surface area (Å²) in [4.78, 5) is 21.8. The number of hydrogen-bond donors (Lipinski definition) is 1. The predicted molar refractivity (Wildman–Crippen MR) is 135 cm³/mol. The van der Waals surface area contributed by atoms with Crippen LogP contribution in [0.2, 0.25) is 0 Å². The minimum atomic E-state index is -0.220. The van der Waals surface area contributed by atoms with Crippen molar-refractivity contribution in [3.63, 3.8) is 0 Å². The Labute approximate surface area is 198 Å². The van der Waals surface area contributed by atoms with Gasteiger partial charge in [0, 0.05) is 16.8 Å². The molecule has 0 aliphatic heterocycles. The van der Waals surface area contributed by atoms with Gasteiger partial charge in [-0.15, -0.1) is 0 Å². The number of carbonyl (C=O) groups excluding carboxylic acids is 1. The molecule has 0 aliphatic rings. The number of rotatable bonds is 6. The second-order valence-electron chi connectivity index (χ2n) is 8.05. The normalized spacial score (nSPS) is 10.7. The first kappa shape index (κ1) is 21.3. The van der Waals surface area contributed by atoms with E-state index in [2.05, 4.69) is 39.6 Å². The van der Waals surface area contributed by atoms with Crippen LogP contribution in [0.25, 0.3) is 22.0 Å². The van der Waals surface area contributed by atoms with E-state index in [9.17, 15) is 4.79 Å². The van der Waals surface area contributed by atoms with E-state index < -0.39 is 0 Å². The van der Waals surface area contributed by atoms with Crippen LogP contribution in [0.4, 0.5) is 5.82 Å². The smallest absolute Gasteiger partial charge is 0.256 e. The highest BCUT2D eigenvalue weighted by Gasteiger charge is 2.10. The number of aromatic nitrogens is 2. The third kappa shape index (κ3) is 4.94. The maximum atomic E-state index is 12.9. The average Bonchev–Trinajstić information content (AvgIpc) is 2.88. The summed E-state index contributed by atoms with van der Waals surface area (Å²) in [5, 5.41) is 5.24. The zero-order chi connectivity index (χ0) is 23.3. The summed E-state index contributed by atoms with van der Waals surface area (Å²) in [5.74, 6) is 0.972. The lowest BCUT2D eigenvalue weighted by molar-refractivity contribution is 0.102. The molecule has 166 valence electrons. The van der Waals surface area contributed by atoms with E-state index in [-0.39, 0.29) is 5.91 Å². The number of pyridine rings is 2. The molecule has 3 aromatic carbocycles. The lowest BCUT2D eigenvalue weighted by atomic mass is 10.0. The third-order valence-electron chi connectivity index (χ3n) is 5.51. The molecule has 0 atom stereocenters. The van der Waals surface area contributed by atoms with E-state index >= 15 is 0 Å². The number of amides is 1. The molecule has 0 bridgehead atoms. The Kier molecular flexibility index (Phi) is 5.99. The first-order valence-corrected chi connectivity index (χ1v) is 11.1. The number of benzene rings is 3. The molecular formula is C29H23N3O2. The van der Waals surface area contributed by atoms with Crippen molar-refractivity contribution < 1.29 is 9.53 Å². The number of ether oxygens (including phenoxy) is 1. The Morgan fingerprint density at radius 1 is 0.853 bits per heavy atom. The van der Waals surface area contributed by atoms with Gasteiger partial charge in [0.1, 0.15) is 18.2 Å². The average molecular weight is 446 g/mol. The topological polar surface area (TPSA) is 64.1 Å². The van der Waals surface area contributed by atoms with Crippen molar-refractivity contribution in [3.8, 4) is 17.0 Å². The van der Waals surface area contributed by atoms with Gasteiger partial charge in [0.15, 0.2) is 0 Å². The Bertz CT molecular complexity index is 1460. The largest absolute Gasteiger partial charge is 0.487 e. The van der Waals surface area contributed by atoms with E-state index in [1.807, 2.05) is 67.6 Å². The van der Waals surface area contributed by atoms with Crippen LogP contribution in [-0.2, 0) is 6.61 Å². The van der Waals surface area contributed by atoms with Crippen LogP contribution >= 0.6 is 0 Å². The molecule has 34 heavy (non-hydrogen) atoms. The second-order valence-corrected chi connectivity index (χ2v) is 8.05. The molecule has 2 heterocycles. The second kappa shape index (κ2) is 9.55. The molecule has 5 rings (SSSR count). The summed E-state index contributed by atoms with van der Waals surface area (Å²) in [6, 6.07) is 31.2. The Morgan fingerprint density at radius 3 is 2.56 bits per heavy atom. The number of carbonyl (C=O) groups is 1. The molecule has 2 aromatic heterocycles. The summed E-state index contributed by atoms with van der Waals surface area (Å²) in [6.45, 7) is 2.28. The molecule has 5 heteroatoms. The zero-order valence-electron chi connectivity index (χ0n) is 18.7. The fourth-order valence-corrected chi connectivity index (χ4v) is 3.71. The number of hydrogen-bond acceptors (Lipinski definition) is 4. The van der Waals surface area contributed by atoms with Gasteiger partial charge in [0.05, 0.1) is 11.9 Å². The number of nitrogens with zero attached hydrogens (tertiary/aromatic N) is 2. The van der Waals surface area contributed by atoms with Crippen molar-refractivity contribution in [1.29, 1.82) is 0 Å². The lowest BCUT2D eigenvalue weighted by Gasteiger charge is -2.10. The fourth-order valence-electron chi connectivity index (χ4n) is 3.71. The highest BCUT2D eigenvalue weighted by atomic mass is 16.5. The van der Waals surface area contributed by atoms with Gasteiger partial charge in [0.2, 0.25) is 0 Å². The summed E-state index contributed by atoms with van der Waals surface area (Å²) < 4.78 is 5.79. The summed E-state index contributed by atoms with van der Waals surface area (Å²) in [7, 11) is 0. The van der Waals surface area contributed by atoms with Crippen LogP contribution in [0.1, 0.15) is 21.6 Å². The zero-order valence-corrected chi connectivity index (χ0v) is 18.7. The molecule has 5 aromatic rings. The fraction of sp³-hybridized carbons (Fsp3) is 0.0690. The summed E-state index contributed by atoms with van der Waals surface area (Å²) in [5.41, 5.74) is 4.17. The van der Waals surface area contributed by atoms with Crippen LogP contribution in [0.5, 0.6) is 5.75 Å². The Hall–Kier alpha value is -4.51. The molecule has 0 aliphatic carbocycles. The highest BCUT2D eigenvalue weighted by molar-refractivity contribution is 6.04. The van der Waals surface area contributed by atoms with Gasteiger partial charge in [-0.1, -0.05) is 54.6 Å². The highest BCUT2D eigenvalue weighted by Crippen LogP contribution is 2.24. The van der Waals surface area contributed by atoms with Crippen molar-refractivity contribution in [1.82, 2.24) is 9.97 Å². The number of anilines is 1. The Morgan fingerprint density at radius 2 is 1.71 bits per heavy atom. The monoisotopic (exact) mass is 445 g/mol. The number of fused-ring (bicyclic) bond motifs is 1. The van der Waals surface area contributed by atoms with E-state index in [4.69, 9.17) is 4.74 Å². The van der Waals surface area contributed by atoms with Gasteiger partial charge in [-0.2, -0.15) is 0 Å². The third-order valence-corrected chi connectivity index (χ3v) is 5.51. The molecule has 0 fully saturated rings. The van der Waals surface area contributed by atoms with Crippen molar-refractivity contribution >= 4 is 22.5 Å². The van der Waals surface area contributed by atoms with Crippen LogP contribution in [0.15, 0.2) is 103 Å². The van der Waals surface area contributed by atoms with Gasteiger partial charge in [0.25, 0.3) is 5.91 Å². The number of aryl methyl sites for hydroxylation is 1. The minimum absolute atomic E-state index is 0.220. The molecule has 0 saturated heterocycles. The van der Waals surface area contributed by atoms with E-state index in [0.29, 0.717) is 23.7 Å². The molecule has 0 spiro atoms. The lowest BCUT2D eigenvalue weighted by Crippen LogP contribution is -2.13. The molecular weight excluding hydrogens is 422 g/mol. The van der Waals surface area contributed by atoms with Crippen LogP contribution in [0.3, 0.4) is 0 Å². The summed E-state index contributed by atoms with van der Waals surface area (Å²) >= 11 is 0. The van der Waals surface area contributed by atoms with Crippen molar-refractivity contribution in [2.75, 3.05) is 5.32 Å². The molecule has 0 radical (unpaired) electrons. The minimum Gasteiger partial charge on any atom is -0.487 e. The van der Waals surface area contributed by atoms with Gasteiger partial charge < -0.3 is 10.1 Å². The first-order valence-electron chi connectivity index (χ1n) is 11.1. The van der Waals surface area contributed by atoms with Crippen LogP contribution < -0.4 is 10.1 Å². The van der Waals surface area contributed by atoms with Crippen molar-refractivity contribution in [2.45, 2.75) is 13.5 Å². The van der Waals surface area contributed by atoms with Crippen molar-refractivity contribution in [2.24, 2.45) is 0 Å². The summed E-state index contributed by atoms with van der Waals surface area (Å²) in [6.07, 6.45) is 1.69. The van der Waals surface area contributed by atoms with E-state index in [1.54, 1.807) is 18.3 Å². The van der Waals surface area contributed by atoms with Gasteiger partial charge >= 0.3 is 0 Å². The predicted octanol–water partition coefficient (Wildman–Crippen LogP) is 6.44. The van der Waals surface area contributed by atoms with Gasteiger partial charge in [-0.05, 0) is 65.7 Å². The van der Waals surface area contributed by atoms with Crippen molar-refractivity contribution in [3.05, 3.63) is 120 Å². The van der Waals surface area contributed by atoms with Crippen LogP contribution in [-0.4, -0.2) is 15.9 Å². The maximum absolute atomic E-state index is 12.9. The molecule has 1 N–H and O–H groups in total. The van der Waals surface area contributed by atoms with Crippen LogP contribution in [0, 0.1) is 6.92 Å². The molecule has 5 nitrogen and oxygen atoms in total. The van der Waals surface area contributed by atoms with Gasteiger partial charge in [-0.3, -0.25) is 9.78 Å². The van der Waals surface area contributed by atoms with Gasteiger partial charge in [-0.25, -0.2) is 4.98 Å². The quantitative estimate of drug-likeness (QED) is 0.327. The SMILES string of the molecule is Cc1ccc(OCc2cccc(C(=O)Nc3cccc(-c4ccc5ccccc5c4)n3)c2)cn1. The number of nitrogens with one attached hydrogen (secondary N) is 1. The molecule has 1 amide bonds. The van der Waals surface area contributed by atoms with E-state index in [1.165, 1.54) is 5.39 Å². The maximum Gasteiger partial charge on any atom is 0.256 e. The first-order chi connectivity index (χ1) is 16.6. The van der Waals surface area contributed by atoms with E-state index in [0.717, 1.165) is 27.9 Å². The Balaban J connectivity index is 1.29. The molecule has 0 unspecified atom stereocenters. The standard InChI is InChI=1S/C29H23N3O2/c1-20-12-15-26(18-30-20)34-19-21-6-4-9-25(16-21)29(33)32-28-11-5-10-27(31-28)24-14-13-22-7-2-3-8-23(22)17-24/h2-18H,19H2,1H3,(H,31,32,33).